The van der Waals surface area contributed by atoms with Gasteiger partial charge in [0.1, 0.15) is 29.3 Å². The molecule has 1 fully saturated rings. The normalized spacial score (nSPS) is 19.4. The van der Waals surface area contributed by atoms with Crippen LogP contribution in [0.5, 0.6) is 11.5 Å². The Hall–Kier alpha value is -4.41. The lowest BCUT2D eigenvalue weighted by Crippen LogP contribution is -2.40. The number of hydrogen-bond acceptors (Lipinski definition) is 10. The number of benzene rings is 3. The van der Waals surface area contributed by atoms with Gasteiger partial charge in [0.2, 0.25) is 0 Å². The molecule has 2 heterocycles. The predicted molar refractivity (Wildman–Crippen MR) is 198 cm³/mol. The average molecular weight is 749 g/mol. The number of hydrogen-bond donors (Lipinski definition) is 1. The number of rotatable bonds is 17. The zero-order valence-electron chi connectivity index (χ0n) is 30.7. The standard InChI is InChI=1S/C39H46FN4O8P/c1-26(2)44(27(3)4)53(50-24-10-22-41)52-36-35(40)33(51-37(36)43-23-21-34(45)42-38(43)46)25-49-39(28-11-8-7-9-12-28,29-13-17-31(47-5)18-14-29)30-15-19-32(48-6)20-16-30/h7-9,11-21,23,26-27,33,35-37H,10,24-25H2,1-6H3,(H,42,45,46)/t33?,35-,36?,37?,53?/m0/s1. The van der Waals surface area contributed by atoms with E-state index >= 15 is 4.39 Å². The molecular formula is C39H46FN4O8P. The number of H-pyrrole nitrogens is 1. The van der Waals surface area contributed by atoms with Gasteiger partial charge in [0.05, 0.1) is 39.9 Å². The molecule has 4 unspecified atom stereocenters. The maximum atomic E-state index is 17.1. The highest BCUT2D eigenvalue weighted by atomic mass is 31.2. The number of halogens is 1. The van der Waals surface area contributed by atoms with E-state index in [1.807, 2.05) is 111 Å². The van der Waals surface area contributed by atoms with Crippen molar-refractivity contribution in [1.82, 2.24) is 14.2 Å². The van der Waals surface area contributed by atoms with E-state index in [1.165, 1.54) is 6.20 Å². The van der Waals surface area contributed by atoms with Crippen LogP contribution < -0.4 is 20.7 Å². The molecule has 0 aliphatic carbocycles. The average Bonchev–Trinajstić information content (AvgIpc) is 3.46. The Bertz CT molecular complexity index is 1860. The first-order valence-corrected chi connectivity index (χ1v) is 18.5. The minimum absolute atomic E-state index is 0.0573. The van der Waals surface area contributed by atoms with Crippen LogP contribution >= 0.6 is 8.53 Å². The van der Waals surface area contributed by atoms with E-state index in [0.29, 0.717) is 11.5 Å². The number of nitrogens with one attached hydrogen (secondary N) is 1. The highest BCUT2D eigenvalue weighted by Gasteiger charge is 2.51. The Morgan fingerprint density at radius 2 is 1.47 bits per heavy atom. The smallest absolute Gasteiger partial charge is 0.330 e. The fraction of sp³-hybridized carbons (Fsp3) is 0.410. The zero-order chi connectivity index (χ0) is 38.1. The molecule has 1 aromatic heterocycles. The summed E-state index contributed by atoms with van der Waals surface area (Å²) in [6.45, 7) is 7.63. The molecule has 3 aromatic carbocycles. The van der Waals surface area contributed by atoms with Gasteiger partial charge in [-0.1, -0.05) is 54.6 Å². The number of ether oxygens (including phenoxy) is 4. The summed E-state index contributed by atoms with van der Waals surface area (Å²) in [4.78, 5) is 27.4. The van der Waals surface area contributed by atoms with E-state index in [1.54, 1.807) is 14.2 Å². The van der Waals surface area contributed by atoms with E-state index in [-0.39, 0.29) is 31.7 Å². The number of nitriles is 1. The van der Waals surface area contributed by atoms with Crippen LogP contribution in [0.25, 0.3) is 0 Å². The van der Waals surface area contributed by atoms with Gasteiger partial charge in [-0.05, 0) is 68.7 Å². The second-order valence-electron chi connectivity index (χ2n) is 13.0. The first kappa shape index (κ1) is 39.8. The molecule has 14 heteroatoms. The van der Waals surface area contributed by atoms with Gasteiger partial charge >= 0.3 is 5.69 Å². The maximum Gasteiger partial charge on any atom is 0.330 e. The Morgan fingerprint density at radius 1 is 0.906 bits per heavy atom. The summed E-state index contributed by atoms with van der Waals surface area (Å²) in [7, 11) is 1.23. The van der Waals surface area contributed by atoms with Crippen molar-refractivity contribution >= 4 is 8.53 Å². The molecule has 0 spiro atoms. The summed E-state index contributed by atoms with van der Waals surface area (Å²) >= 11 is 0. The van der Waals surface area contributed by atoms with E-state index in [2.05, 4.69) is 11.1 Å². The molecule has 1 aliphatic rings. The van der Waals surface area contributed by atoms with Gasteiger partial charge < -0.3 is 28.0 Å². The van der Waals surface area contributed by atoms with Crippen LogP contribution in [0.4, 0.5) is 4.39 Å². The summed E-state index contributed by atoms with van der Waals surface area (Å²) < 4.78 is 57.0. The molecule has 12 nitrogen and oxygen atoms in total. The summed E-state index contributed by atoms with van der Waals surface area (Å²) in [5.41, 5.74) is -0.432. The zero-order valence-corrected chi connectivity index (χ0v) is 31.6. The lowest BCUT2D eigenvalue weighted by molar-refractivity contribution is -0.0907. The number of methoxy groups -OCH3 is 2. The summed E-state index contributed by atoms with van der Waals surface area (Å²) in [5.74, 6) is 1.29. The van der Waals surface area contributed by atoms with Crippen LogP contribution in [0.3, 0.4) is 0 Å². The lowest BCUT2D eigenvalue weighted by Gasteiger charge is -2.38. The van der Waals surface area contributed by atoms with Gasteiger partial charge in [0.15, 0.2) is 12.4 Å². The fourth-order valence-electron chi connectivity index (χ4n) is 6.47. The Kier molecular flexibility index (Phi) is 13.6. The largest absolute Gasteiger partial charge is 0.497 e. The van der Waals surface area contributed by atoms with Gasteiger partial charge in [0.25, 0.3) is 14.1 Å². The molecule has 5 atom stereocenters. The van der Waals surface area contributed by atoms with Crippen molar-refractivity contribution in [3.63, 3.8) is 0 Å². The van der Waals surface area contributed by atoms with E-state index < -0.39 is 50.0 Å². The topological polar surface area (TPSA) is 137 Å². The SMILES string of the molecule is COc1ccc(C(OCC2OC(n3ccc(=O)[nH]c3=O)C(OP(OCCC#N)N(C(C)C)C(C)C)[C@H]2F)(c2ccccc2)c2ccc(OC)cc2)cc1. The van der Waals surface area contributed by atoms with Crippen molar-refractivity contribution in [2.24, 2.45) is 0 Å². The molecule has 0 bridgehead atoms. The summed E-state index contributed by atoms with van der Waals surface area (Å²) in [5, 5.41) is 9.21. The molecule has 53 heavy (non-hydrogen) atoms. The second-order valence-corrected chi connectivity index (χ2v) is 14.4. The van der Waals surface area contributed by atoms with Crippen molar-refractivity contribution in [2.75, 3.05) is 27.4 Å². The van der Waals surface area contributed by atoms with E-state index in [9.17, 15) is 14.9 Å². The van der Waals surface area contributed by atoms with Gasteiger partial charge in [-0.2, -0.15) is 5.26 Å². The third-order valence-corrected chi connectivity index (χ3v) is 11.0. The Labute approximate surface area is 310 Å². The first-order chi connectivity index (χ1) is 25.5. The van der Waals surface area contributed by atoms with Gasteiger partial charge in [-0.25, -0.2) is 13.9 Å². The highest BCUT2D eigenvalue weighted by molar-refractivity contribution is 7.44. The third-order valence-electron chi connectivity index (χ3n) is 8.90. The minimum Gasteiger partial charge on any atom is -0.497 e. The quantitative estimate of drug-likeness (QED) is 0.0728. The molecular weight excluding hydrogens is 702 g/mol. The maximum absolute atomic E-state index is 17.1. The van der Waals surface area contributed by atoms with Crippen LogP contribution in [0, 0.1) is 11.3 Å². The molecule has 0 amide bonds. The number of aromatic nitrogens is 2. The molecule has 0 radical (unpaired) electrons. The third kappa shape index (κ3) is 8.87. The molecule has 5 rings (SSSR count). The monoisotopic (exact) mass is 748 g/mol. The lowest BCUT2D eigenvalue weighted by atomic mass is 9.80. The fourth-order valence-corrected chi connectivity index (χ4v) is 8.21. The van der Waals surface area contributed by atoms with Crippen LogP contribution in [0.2, 0.25) is 0 Å². The van der Waals surface area contributed by atoms with Crippen LogP contribution in [0.1, 0.15) is 57.0 Å². The highest BCUT2D eigenvalue weighted by Crippen LogP contribution is 2.51. The molecule has 4 aromatic rings. The summed E-state index contributed by atoms with van der Waals surface area (Å²) in [6.07, 6.45) is -4.39. The molecule has 1 saturated heterocycles. The predicted octanol–water partition coefficient (Wildman–Crippen LogP) is 6.46. The number of aromatic amines is 1. The Balaban J connectivity index is 1.58. The van der Waals surface area contributed by atoms with Crippen LogP contribution in [-0.2, 0) is 24.1 Å². The number of alkyl halides is 1. The van der Waals surface area contributed by atoms with Gasteiger partial charge in [-0.15, -0.1) is 0 Å². The Morgan fingerprint density at radius 3 is 1.98 bits per heavy atom. The van der Waals surface area contributed by atoms with Crippen LogP contribution in [0.15, 0.2) is 101 Å². The van der Waals surface area contributed by atoms with E-state index in [4.69, 9.17) is 28.0 Å². The minimum atomic E-state index is -1.94. The van der Waals surface area contributed by atoms with Crippen molar-refractivity contribution in [3.05, 3.63) is 129 Å². The molecule has 282 valence electrons. The second kappa shape index (κ2) is 18.1. The molecule has 1 N–H and O–H groups in total. The molecule has 0 saturated carbocycles. The summed E-state index contributed by atoms with van der Waals surface area (Å²) in [6, 6.07) is 27.5. The van der Waals surface area contributed by atoms with Gasteiger partial charge in [0, 0.05) is 24.3 Å². The van der Waals surface area contributed by atoms with Crippen LogP contribution in [-0.4, -0.2) is 72.1 Å². The van der Waals surface area contributed by atoms with Crippen molar-refractivity contribution in [1.29, 1.82) is 5.26 Å². The van der Waals surface area contributed by atoms with E-state index in [0.717, 1.165) is 27.3 Å². The van der Waals surface area contributed by atoms with Crippen molar-refractivity contribution in [2.45, 2.75) is 76.4 Å². The molecule has 1 aliphatic heterocycles. The van der Waals surface area contributed by atoms with Crippen molar-refractivity contribution in [3.8, 4) is 17.6 Å². The van der Waals surface area contributed by atoms with Gasteiger partial charge in [-0.3, -0.25) is 14.3 Å². The first-order valence-electron chi connectivity index (χ1n) is 17.4. The van der Waals surface area contributed by atoms with Crippen molar-refractivity contribution < 1.29 is 32.4 Å². The number of nitrogens with zero attached hydrogens (tertiary/aromatic N) is 3.